The predicted molar refractivity (Wildman–Crippen MR) is 75.3 cm³/mol. The molecule has 0 atom stereocenters. The van der Waals surface area contributed by atoms with Crippen LogP contribution in [0.1, 0.15) is 5.69 Å². The first kappa shape index (κ1) is 11.7. The summed E-state index contributed by atoms with van der Waals surface area (Å²) in [6, 6.07) is 19.7. The van der Waals surface area contributed by atoms with Crippen LogP contribution in [-0.2, 0) is 6.54 Å². The van der Waals surface area contributed by atoms with Gasteiger partial charge >= 0.3 is 0 Å². The van der Waals surface area contributed by atoms with Crippen molar-refractivity contribution >= 4 is 0 Å². The van der Waals surface area contributed by atoms with E-state index >= 15 is 0 Å². The maximum absolute atomic E-state index is 5.89. The second-order valence-electron chi connectivity index (χ2n) is 4.23. The van der Waals surface area contributed by atoms with Gasteiger partial charge in [0.15, 0.2) is 5.76 Å². The zero-order chi connectivity index (χ0) is 13.1. The maximum atomic E-state index is 5.89. The van der Waals surface area contributed by atoms with E-state index in [0.29, 0.717) is 12.4 Å². The molecular weight excluding hydrogens is 236 g/mol. The molecule has 0 saturated carbocycles. The zero-order valence-corrected chi connectivity index (χ0v) is 10.4. The molecule has 0 amide bonds. The smallest absolute Gasteiger partial charge is 0.227 e. The molecule has 0 spiro atoms. The van der Waals surface area contributed by atoms with Crippen LogP contribution >= 0.6 is 0 Å². The van der Waals surface area contributed by atoms with Gasteiger partial charge in [-0.1, -0.05) is 48.5 Å². The number of benzene rings is 2. The van der Waals surface area contributed by atoms with Crippen LogP contribution < -0.4 is 5.73 Å². The van der Waals surface area contributed by atoms with Crippen molar-refractivity contribution < 1.29 is 4.42 Å². The summed E-state index contributed by atoms with van der Waals surface area (Å²) in [5.74, 6) is 1.36. The van der Waals surface area contributed by atoms with Crippen molar-refractivity contribution in [2.24, 2.45) is 5.73 Å². The molecule has 0 unspecified atom stereocenters. The van der Waals surface area contributed by atoms with E-state index < -0.39 is 0 Å². The van der Waals surface area contributed by atoms with E-state index in [1.165, 1.54) is 0 Å². The molecule has 94 valence electrons. The van der Waals surface area contributed by atoms with E-state index in [-0.39, 0.29) is 0 Å². The van der Waals surface area contributed by atoms with Crippen LogP contribution in [0.2, 0.25) is 0 Å². The Morgan fingerprint density at radius 2 is 1.42 bits per heavy atom. The fourth-order valence-electron chi connectivity index (χ4n) is 2.01. The van der Waals surface area contributed by atoms with Gasteiger partial charge in [0.05, 0.1) is 0 Å². The summed E-state index contributed by atoms with van der Waals surface area (Å²) >= 11 is 0. The van der Waals surface area contributed by atoms with Crippen molar-refractivity contribution in [2.45, 2.75) is 6.54 Å². The lowest BCUT2D eigenvalue weighted by Gasteiger charge is -1.97. The Labute approximate surface area is 111 Å². The first-order valence-electron chi connectivity index (χ1n) is 6.19. The number of aromatic nitrogens is 1. The van der Waals surface area contributed by atoms with Crippen LogP contribution in [0.15, 0.2) is 65.1 Å². The molecule has 3 aromatic rings. The van der Waals surface area contributed by atoms with Crippen LogP contribution in [-0.4, -0.2) is 4.98 Å². The van der Waals surface area contributed by atoms with Crippen LogP contribution in [0.25, 0.3) is 22.8 Å². The first-order chi connectivity index (χ1) is 9.38. The van der Waals surface area contributed by atoms with Gasteiger partial charge in [-0.05, 0) is 12.1 Å². The molecule has 0 aliphatic heterocycles. The van der Waals surface area contributed by atoms with Gasteiger partial charge in [0, 0.05) is 17.7 Å². The van der Waals surface area contributed by atoms with Crippen molar-refractivity contribution in [3.63, 3.8) is 0 Å². The Kier molecular flexibility index (Phi) is 3.12. The summed E-state index contributed by atoms with van der Waals surface area (Å²) in [4.78, 5) is 4.48. The van der Waals surface area contributed by atoms with E-state index in [0.717, 1.165) is 22.6 Å². The number of hydrogen-bond donors (Lipinski definition) is 1. The second kappa shape index (κ2) is 5.08. The summed E-state index contributed by atoms with van der Waals surface area (Å²) < 4.78 is 5.89. The van der Waals surface area contributed by atoms with Gasteiger partial charge in [-0.25, -0.2) is 4.98 Å². The molecule has 0 bridgehead atoms. The quantitative estimate of drug-likeness (QED) is 0.774. The molecule has 2 aromatic carbocycles. The van der Waals surface area contributed by atoms with E-state index in [4.69, 9.17) is 10.2 Å². The standard InChI is InChI=1S/C16H14N2O/c17-11-14-15(12-7-3-1-4-8-12)19-16(18-14)13-9-5-2-6-10-13/h1-10H,11,17H2. The number of nitrogens with zero attached hydrogens (tertiary/aromatic N) is 1. The lowest BCUT2D eigenvalue weighted by atomic mass is 10.1. The van der Waals surface area contributed by atoms with Gasteiger partial charge < -0.3 is 10.2 Å². The number of oxazole rings is 1. The third-order valence-corrected chi connectivity index (χ3v) is 2.95. The summed E-state index contributed by atoms with van der Waals surface area (Å²) in [5, 5.41) is 0. The molecule has 0 fully saturated rings. The molecule has 1 heterocycles. The molecule has 3 nitrogen and oxygen atoms in total. The Balaban J connectivity index is 2.09. The van der Waals surface area contributed by atoms with Crippen LogP contribution in [0.4, 0.5) is 0 Å². The zero-order valence-electron chi connectivity index (χ0n) is 10.4. The Hall–Kier alpha value is -2.39. The Morgan fingerprint density at radius 3 is 2.00 bits per heavy atom. The highest BCUT2D eigenvalue weighted by atomic mass is 16.4. The summed E-state index contributed by atoms with van der Waals surface area (Å²) in [6.07, 6.45) is 0. The molecule has 0 radical (unpaired) electrons. The van der Waals surface area contributed by atoms with Crippen molar-refractivity contribution in [2.75, 3.05) is 0 Å². The van der Waals surface area contributed by atoms with Gasteiger partial charge in [0.1, 0.15) is 5.69 Å². The number of nitrogens with two attached hydrogens (primary N) is 1. The molecule has 19 heavy (non-hydrogen) atoms. The minimum atomic E-state index is 0.362. The van der Waals surface area contributed by atoms with Crippen molar-refractivity contribution in [1.29, 1.82) is 0 Å². The molecule has 2 N–H and O–H groups in total. The number of hydrogen-bond acceptors (Lipinski definition) is 3. The van der Waals surface area contributed by atoms with Gasteiger partial charge in [-0.15, -0.1) is 0 Å². The van der Waals surface area contributed by atoms with E-state index in [1.54, 1.807) is 0 Å². The highest BCUT2D eigenvalue weighted by Gasteiger charge is 2.14. The van der Waals surface area contributed by atoms with E-state index in [2.05, 4.69) is 4.98 Å². The third kappa shape index (κ3) is 2.28. The average Bonchev–Trinajstić information content (AvgIpc) is 2.93. The molecule has 0 aliphatic carbocycles. The maximum Gasteiger partial charge on any atom is 0.227 e. The van der Waals surface area contributed by atoms with Gasteiger partial charge in [0.25, 0.3) is 0 Å². The van der Waals surface area contributed by atoms with Crippen LogP contribution in [0, 0.1) is 0 Å². The van der Waals surface area contributed by atoms with Crippen molar-refractivity contribution in [3.05, 3.63) is 66.4 Å². The van der Waals surface area contributed by atoms with Crippen LogP contribution in [0.3, 0.4) is 0 Å². The molecular formula is C16H14N2O. The van der Waals surface area contributed by atoms with Crippen LogP contribution in [0.5, 0.6) is 0 Å². The van der Waals surface area contributed by atoms with E-state index in [1.807, 2.05) is 60.7 Å². The molecule has 0 aliphatic rings. The predicted octanol–water partition coefficient (Wildman–Crippen LogP) is 3.47. The molecule has 3 heteroatoms. The summed E-state index contributed by atoms with van der Waals surface area (Å²) in [7, 11) is 0. The summed E-state index contributed by atoms with van der Waals surface area (Å²) in [6.45, 7) is 0.362. The Bertz CT molecular complexity index is 660. The van der Waals surface area contributed by atoms with Crippen molar-refractivity contribution in [1.82, 2.24) is 4.98 Å². The first-order valence-corrected chi connectivity index (χ1v) is 6.19. The van der Waals surface area contributed by atoms with Gasteiger partial charge in [0.2, 0.25) is 5.89 Å². The Morgan fingerprint density at radius 1 is 0.842 bits per heavy atom. The van der Waals surface area contributed by atoms with Gasteiger partial charge in [-0.3, -0.25) is 0 Å². The fraction of sp³-hybridized carbons (Fsp3) is 0.0625. The molecule has 1 aromatic heterocycles. The number of rotatable bonds is 3. The molecule has 3 rings (SSSR count). The highest BCUT2D eigenvalue weighted by molar-refractivity contribution is 5.64. The SMILES string of the molecule is NCc1nc(-c2ccccc2)oc1-c1ccccc1. The monoisotopic (exact) mass is 250 g/mol. The molecule has 0 saturated heterocycles. The average molecular weight is 250 g/mol. The lowest BCUT2D eigenvalue weighted by Crippen LogP contribution is -1.98. The van der Waals surface area contributed by atoms with Crippen molar-refractivity contribution in [3.8, 4) is 22.8 Å². The lowest BCUT2D eigenvalue weighted by molar-refractivity contribution is 0.587. The minimum absolute atomic E-state index is 0.362. The largest absolute Gasteiger partial charge is 0.436 e. The summed E-state index contributed by atoms with van der Waals surface area (Å²) in [5.41, 5.74) is 8.49. The van der Waals surface area contributed by atoms with E-state index in [9.17, 15) is 0 Å². The fourth-order valence-corrected chi connectivity index (χ4v) is 2.01. The second-order valence-corrected chi connectivity index (χ2v) is 4.23. The minimum Gasteiger partial charge on any atom is -0.436 e. The normalized spacial score (nSPS) is 10.6. The highest BCUT2D eigenvalue weighted by Crippen LogP contribution is 2.29. The third-order valence-electron chi connectivity index (χ3n) is 2.95. The van der Waals surface area contributed by atoms with Gasteiger partial charge in [-0.2, -0.15) is 0 Å². The topological polar surface area (TPSA) is 52.0 Å².